The fraction of sp³-hybridized carbons (Fsp3) is 0.625. The van der Waals surface area contributed by atoms with Gasteiger partial charge in [-0.3, -0.25) is 4.79 Å². The molecular weight excluding hydrogens is 348 g/mol. The first-order chi connectivity index (χ1) is 11.0. The van der Waals surface area contributed by atoms with Gasteiger partial charge in [-0.15, -0.1) is 12.4 Å². The molecule has 0 bridgehead atoms. The maximum Gasteiger partial charge on any atom is 0.312 e. The van der Waals surface area contributed by atoms with Crippen LogP contribution in [0, 0.1) is 5.41 Å². The predicted molar refractivity (Wildman–Crippen MR) is 97.2 cm³/mol. The number of nitrogens with two attached hydrogens (primary N) is 1. The highest BCUT2D eigenvalue weighted by atomic mass is 35.5. The summed E-state index contributed by atoms with van der Waals surface area (Å²) in [7, 11) is 0. The standard InChI is InChI=1S/C16H24N4O2S.ClH/c1-11(19-15(17)22)14(21)20(9-12-2-7-23-10-12)13-8-16(13)3-5-18-6-4-16;/h2,7,10-11,13,18H,3-6,8-9H2,1H3,(H3,17,19,22);1H. The molecular formula is C16H25ClN4O2S. The number of primary amides is 1. The third-order valence-corrected chi connectivity index (χ3v) is 5.80. The molecule has 134 valence electrons. The van der Waals surface area contributed by atoms with Crippen molar-refractivity contribution in [1.82, 2.24) is 15.5 Å². The van der Waals surface area contributed by atoms with Gasteiger partial charge in [0, 0.05) is 12.6 Å². The van der Waals surface area contributed by atoms with Gasteiger partial charge in [-0.25, -0.2) is 4.79 Å². The molecule has 6 nitrogen and oxygen atoms in total. The normalized spacial score (nSPS) is 22.3. The first-order valence-electron chi connectivity index (χ1n) is 8.10. The highest BCUT2D eigenvalue weighted by molar-refractivity contribution is 7.07. The molecule has 8 heteroatoms. The van der Waals surface area contributed by atoms with E-state index in [4.69, 9.17) is 5.73 Å². The number of amides is 3. The van der Waals surface area contributed by atoms with Crippen molar-refractivity contribution in [3.63, 3.8) is 0 Å². The van der Waals surface area contributed by atoms with Crippen LogP contribution in [-0.4, -0.2) is 42.0 Å². The summed E-state index contributed by atoms with van der Waals surface area (Å²) in [5.41, 5.74) is 6.58. The van der Waals surface area contributed by atoms with E-state index >= 15 is 0 Å². The van der Waals surface area contributed by atoms with Crippen molar-refractivity contribution in [3.8, 4) is 0 Å². The average Bonchev–Trinajstić information content (AvgIpc) is 2.97. The second-order valence-corrected chi connectivity index (χ2v) is 7.44. The number of hydrogen-bond acceptors (Lipinski definition) is 4. The lowest BCUT2D eigenvalue weighted by molar-refractivity contribution is -0.134. The maximum absolute atomic E-state index is 12.9. The van der Waals surface area contributed by atoms with Crippen LogP contribution in [-0.2, 0) is 11.3 Å². The Morgan fingerprint density at radius 2 is 2.21 bits per heavy atom. The Bertz CT molecular complexity index is 575. The highest BCUT2D eigenvalue weighted by Crippen LogP contribution is 2.56. The molecule has 1 saturated carbocycles. The van der Waals surface area contributed by atoms with Gasteiger partial charge >= 0.3 is 6.03 Å². The number of carbonyl (C=O) groups is 2. The minimum Gasteiger partial charge on any atom is -0.352 e. The van der Waals surface area contributed by atoms with E-state index in [1.54, 1.807) is 18.3 Å². The van der Waals surface area contributed by atoms with E-state index in [9.17, 15) is 9.59 Å². The van der Waals surface area contributed by atoms with Crippen molar-refractivity contribution in [2.75, 3.05) is 13.1 Å². The molecule has 1 saturated heterocycles. The topological polar surface area (TPSA) is 87.5 Å². The summed E-state index contributed by atoms with van der Waals surface area (Å²) in [6.07, 6.45) is 3.29. The molecule has 1 aromatic rings. The minimum absolute atomic E-state index is 0. The van der Waals surface area contributed by atoms with Gasteiger partial charge in [-0.1, -0.05) is 0 Å². The number of thiophene rings is 1. The lowest BCUT2D eigenvalue weighted by Gasteiger charge is -2.31. The van der Waals surface area contributed by atoms with Crippen LogP contribution in [0.3, 0.4) is 0 Å². The molecule has 2 unspecified atom stereocenters. The van der Waals surface area contributed by atoms with Gasteiger partial charge in [-0.05, 0) is 67.1 Å². The molecule has 1 aliphatic carbocycles. The van der Waals surface area contributed by atoms with E-state index < -0.39 is 12.1 Å². The number of nitrogens with zero attached hydrogens (tertiary/aromatic N) is 1. The van der Waals surface area contributed by atoms with Crippen molar-refractivity contribution in [3.05, 3.63) is 22.4 Å². The number of urea groups is 1. The fourth-order valence-electron chi connectivity index (χ4n) is 3.67. The van der Waals surface area contributed by atoms with E-state index in [2.05, 4.69) is 22.1 Å². The summed E-state index contributed by atoms with van der Waals surface area (Å²) in [5.74, 6) is -0.0459. The number of piperidine rings is 1. The third kappa shape index (κ3) is 4.02. The average molecular weight is 373 g/mol. The van der Waals surface area contributed by atoms with Crippen molar-refractivity contribution in [2.45, 2.75) is 44.8 Å². The molecule has 2 atom stereocenters. The van der Waals surface area contributed by atoms with Gasteiger partial charge in [0.2, 0.25) is 5.91 Å². The van der Waals surface area contributed by atoms with Crippen molar-refractivity contribution in [2.24, 2.45) is 11.1 Å². The fourth-order valence-corrected chi connectivity index (χ4v) is 4.33. The van der Waals surface area contributed by atoms with Gasteiger partial charge in [0.1, 0.15) is 6.04 Å². The first kappa shape index (κ1) is 19.0. The van der Waals surface area contributed by atoms with Crippen LogP contribution >= 0.6 is 23.7 Å². The van der Waals surface area contributed by atoms with E-state index in [1.165, 1.54) is 0 Å². The van der Waals surface area contributed by atoms with Crippen LogP contribution in [0.25, 0.3) is 0 Å². The number of halogens is 1. The molecule has 3 amide bonds. The van der Waals surface area contributed by atoms with Crippen LogP contribution in [0.4, 0.5) is 4.79 Å². The van der Waals surface area contributed by atoms with Crippen LogP contribution in [0.2, 0.25) is 0 Å². The lowest BCUT2D eigenvalue weighted by atomic mass is 9.93. The number of carbonyl (C=O) groups excluding carboxylic acids is 2. The highest BCUT2D eigenvalue weighted by Gasteiger charge is 2.58. The Hall–Kier alpha value is -1.31. The molecule has 0 aromatic carbocycles. The summed E-state index contributed by atoms with van der Waals surface area (Å²) in [6.45, 7) is 4.34. The minimum atomic E-state index is -0.659. The molecule has 2 heterocycles. The second-order valence-electron chi connectivity index (χ2n) is 6.66. The third-order valence-electron chi connectivity index (χ3n) is 5.07. The van der Waals surface area contributed by atoms with Crippen LogP contribution in [0.1, 0.15) is 31.7 Å². The Labute approximate surface area is 152 Å². The second kappa shape index (κ2) is 7.72. The van der Waals surface area contributed by atoms with E-state index in [0.29, 0.717) is 6.54 Å². The molecule has 2 fully saturated rings. The monoisotopic (exact) mass is 372 g/mol. The molecule has 1 spiro atoms. The number of rotatable bonds is 5. The molecule has 4 N–H and O–H groups in total. The van der Waals surface area contributed by atoms with E-state index in [1.807, 2.05) is 10.3 Å². The van der Waals surface area contributed by atoms with Gasteiger partial charge < -0.3 is 21.3 Å². The summed E-state index contributed by atoms with van der Waals surface area (Å²) in [6, 6.07) is 1.07. The molecule has 0 radical (unpaired) electrons. The van der Waals surface area contributed by atoms with E-state index in [0.717, 1.165) is 37.9 Å². The van der Waals surface area contributed by atoms with Gasteiger partial charge in [0.25, 0.3) is 0 Å². The summed E-state index contributed by atoms with van der Waals surface area (Å²) in [4.78, 5) is 25.9. The Morgan fingerprint density at radius 3 is 2.79 bits per heavy atom. The number of hydrogen-bond donors (Lipinski definition) is 3. The van der Waals surface area contributed by atoms with Crippen LogP contribution in [0.15, 0.2) is 16.8 Å². The zero-order chi connectivity index (χ0) is 16.4. The molecule has 2 aliphatic rings. The van der Waals surface area contributed by atoms with Crippen molar-refractivity contribution in [1.29, 1.82) is 0 Å². The van der Waals surface area contributed by atoms with Gasteiger partial charge in [0.05, 0.1) is 0 Å². The van der Waals surface area contributed by atoms with Crippen molar-refractivity contribution >= 4 is 35.7 Å². The molecule has 24 heavy (non-hydrogen) atoms. The van der Waals surface area contributed by atoms with Gasteiger partial charge in [-0.2, -0.15) is 11.3 Å². The molecule has 1 aromatic heterocycles. The zero-order valence-electron chi connectivity index (χ0n) is 13.8. The van der Waals surface area contributed by atoms with Crippen LogP contribution in [0.5, 0.6) is 0 Å². The van der Waals surface area contributed by atoms with E-state index in [-0.39, 0.29) is 29.8 Å². The Morgan fingerprint density at radius 1 is 1.50 bits per heavy atom. The zero-order valence-corrected chi connectivity index (χ0v) is 15.4. The quantitative estimate of drug-likeness (QED) is 0.735. The number of nitrogens with one attached hydrogen (secondary N) is 2. The van der Waals surface area contributed by atoms with Crippen LogP contribution < -0.4 is 16.4 Å². The molecule has 3 rings (SSSR count). The smallest absolute Gasteiger partial charge is 0.312 e. The largest absolute Gasteiger partial charge is 0.352 e. The summed E-state index contributed by atoms with van der Waals surface area (Å²) in [5, 5.41) is 10.0. The maximum atomic E-state index is 12.9. The van der Waals surface area contributed by atoms with Gasteiger partial charge in [0.15, 0.2) is 0 Å². The SMILES string of the molecule is CC(NC(N)=O)C(=O)N(Cc1ccsc1)C1CC12CCNCC2.Cl. The summed E-state index contributed by atoms with van der Waals surface area (Å²) < 4.78 is 0. The molecule has 1 aliphatic heterocycles. The Balaban J connectivity index is 0.00000208. The Kier molecular flexibility index (Phi) is 6.11. The van der Waals surface area contributed by atoms with Crippen molar-refractivity contribution < 1.29 is 9.59 Å². The lowest BCUT2D eigenvalue weighted by Crippen LogP contribution is -2.50. The summed E-state index contributed by atoms with van der Waals surface area (Å²) >= 11 is 1.63. The first-order valence-corrected chi connectivity index (χ1v) is 9.04. The predicted octanol–water partition coefficient (Wildman–Crippen LogP) is 1.70.